The molecule has 2 unspecified atom stereocenters. The maximum absolute atomic E-state index is 11.5. The third kappa shape index (κ3) is 2.68. The predicted octanol–water partition coefficient (Wildman–Crippen LogP) is 2.95. The molecule has 0 saturated heterocycles. The van der Waals surface area contributed by atoms with Crippen LogP contribution in [0.5, 0.6) is 0 Å². The lowest BCUT2D eigenvalue weighted by atomic mass is 10.1. The average molecular weight is 324 g/mol. The summed E-state index contributed by atoms with van der Waals surface area (Å²) in [5.74, 6) is 1.19. The Balaban J connectivity index is 2.01. The Bertz CT molecular complexity index is 668. The van der Waals surface area contributed by atoms with Crippen molar-refractivity contribution in [1.29, 1.82) is 0 Å². The normalized spacial score (nSPS) is 21.5. The van der Waals surface area contributed by atoms with Gasteiger partial charge in [0.2, 0.25) is 5.82 Å². The summed E-state index contributed by atoms with van der Waals surface area (Å²) in [5.41, 5.74) is 0. The smallest absolute Gasteiger partial charge is 0.373 e. The second kappa shape index (κ2) is 6.21. The van der Waals surface area contributed by atoms with Crippen LogP contribution in [0.3, 0.4) is 0 Å². The van der Waals surface area contributed by atoms with Gasteiger partial charge in [0.05, 0.1) is 6.61 Å². The third-order valence-electron chi connectivity index (χ3n) is 4.31. The van der Waals surface area contributed by atoms with Crippen molar-refractivity contribution < 1.29 is 9.66 Å². The van der Waals surface area contributed by atoms with Crippen molar-refractivity contribution in [3.63, 3.8) is 0 Å². The lowest BCUT2D eigenvalue weighted by Gasteiger charge is -2.28. The summed E-state index contributed by atoms with van der Waals surface area (Å²) < 4.78 is 6.76. The Hall–Kier alpha value is -1.67. The molecule has 1 fully saturated rings. The number of nitrogens with zero attached hydrogens (tertiary/aromatic N) is 4. The van der Waals surface area contributed by atoms with E-state index < -0.39 is 0 Å². The topological polar surface area (TPSA) is 72.9 Å². The SMILES string of the molecule is COCCN(c1nc2sccn2c1[N+](=O)[O-])C1CCC(C)C1. The van der Waals surface area contributed by atoms with Gasteiger partial charge in [0.1, 0.15) is 6.20 Å². The zero-order chi connectivity index (χ0) is 15.7. The van der Waals surface area contributed by atoms with E-state index in [2.05, 4.69) is 16.8 Å². The third-order valence-corrected chi connectivity index (χ3v) is 5.07. The standard InChI is InChI=1S/C14H20N4O3S/c1-10-3-4-11(9-10)16(5-7-21-2)12-13(18(19)20)17-6-8-22-14(17)15-12/h6,8,10-11H,3-5,7,9H2,1-2H3. The van der Waals surface area contributed by atoms with Crippen LogP contribution in [0.15, 0.2) is 11.6 Å². The highest BCUT2D eigenvalue weighted by atomic mass is 32.1. The van der Waals surface area contributed by atoms with Crippen molar-refractivity contribution in [3.8, 4) is 0 Å². The van der Waals surface area contributed by atoms with Gasteiger partial charge in [-0.1, -0.05) is 18.3 Å². The summed E-state index contributed by atoms with van der Waals surface area (Å²) in [6.45, 7) is 3.39. The van der Waals surface area contributed by atoms with Gasteiger partial charge in [-0.15, -0.1) is 0 Å². The van der Waals surface area contributed by atoms with Gasteiger partial charge in [0.25, 0.3) is 4.96 Å². The molecule has 0 spiro atoms. The Labute approximate surface area is 132 Å². The van der Waals surface area contributed by atoms with E-state index in [1.54, 1.807) is 17.7 Å². The molecule has 0 aliphatic heterocycles. The van der Waals surface area contributed by atoms with Gasteiger partial charge < -0.3 is 19.8 Å². The van der Waals surface area contributed by atoms with Crippen LogP contribution < -0.4 is 4.90 Å². The van der Waals surface area contributed by atoms with Gasteiger partial charge in [-0.3, -0.25) is 0 Å². The van der Waals surface area contributed by atoms with E-state index in [9.17, 15) is 10.1 Å². The molecule has 0 amide bonds. The lowest BCUT2D eigenvalue weighted by molar-refractivity contribution is -0.389. The number of nitro groups is 1. The average Bonchev–Trinajstić information content (AvgIpc) is 3.14. The number of hydrogen-bond donors (Lipinski definition) is 0. The van der Waals surface area contributed by atoms with Crippen molar-refractivity contribution in [2.24, 2.45) is 5.92 Å². The van der Waals surface area contributed by atoms with E-state index in [4.69, 9.17) is 4.74 Å². The minimum absolute atomic E-state index is 0.0620. The van der Waals surface area contributed by atoms with Gasteiger partial charge in [-0.05, 0) is 30.1 Å². The summed E-state index contributed by atoms with van der Waals surface area (Å²) in [7, 11) is 1.65. The molecule has 120 valence electrons. The number of ether oxygens (including phenoxy) is 1. The summed E-state index contributed by atoms with van der Waals surface area (Å²) >= 11 is 1.41. The van der Waals surface area contributed by atoms with Gasteiger partial charge in [-0.2, -0.15) is 9.38 Å². The van der Waals surface area contributed by atoms with Gasteiger partial charge in [-0.25, -0.2) is 0 Å². The van der Waals surface area contributed by atoms with Gasteiger partial charge in [0.15, 0.2) is 0 Å². The highest BCUT2D eigenvalue weighted by Crippen LogP contribution is 2.37. The molecule has 0 aromatic carbocycles. The number of hydrogen-bond acceptors (Lipinski definition) is 6. The fourth-order valence-corrected chi connectivity index (χ4v) is 3.94. The Morgan fingerprint density at radius 3 is 3.05 bits per heavy atom. The highest BCUT2D eigenvalue weighted by Gasteiger charge is 2.34. The molecular weight excluding hydrogens is 304 g/mol. The van der Waals surface area contributed by atoms with Crippen LogP contribution in [0.1, 0.15) is 26.2 Å². The summed E-state index contributed by atoms with van der Waals surface area (Å²) in [6.07, 6.45) is 4.96. The van der Waals surface area contributed by atoms with E-state index >= 15 is 0 Å². The second-order valence-electron chi connectivity index (χ2n) is 5.83. The van der Waals surface area contributed by atoms with Crippen molar-refractivity contribution in [2.45, 2.75) is 32.2 Å². The first kappa shape index (κ1) is 15.2. The largest absolute Gasteiger partial charge is 0.383 e. The van der Waals surface area contributed by atoms with Crippen LogP contribution in [0.25, 0.3) is 4.96 Å². The molecule has 2 heterocycles. The van der Waals surface area contributed by atoms with Crippen molar-refractivity contribution in [3.05, 3.63) is 21.7 Å². The molecule has 0 N–H and O–H groups in total. The molecule has 1 aliphatic carbocycles. The van der Waals surface area contributed by atoms with Crippen molar-refractivity contribution in [1.82, 2.24) is 9.38 Å². The van der Waals surface area contributed by atoms with E-state index in [1.807, 2.05) is 5.38 Å². The number of methoxy groups -OCH3 is 1. The number of imidazole rings is 1. The first-order valence-electron chi connectivity index (χ1n) is 7.47. The molecule has 2 atom stereocenters. The molecule has 22 heavy (non-hydrogen) atoms. The fourth-order valence-electron chi connectivity index (χ4n) is 3.24. The maximum atomic E-state index is 11.5. The fraction of sp³-hybridized carbons (Fsp3) is 0.643. The number of rotatable bonds is 6. The zero-order valence-electron chi connectivity index (χ0n) is 12.8. The Morgan fingerprint density at radius 1 is 1.59 bits per heavy atom. The summed E-state index contributed by atoms with van der Waals surface area (Å²) in [6, 6.07) is 0.299. The molecule has 2 aromatic rings. The van der Waals surface area contributed by atoms with Crippen LogP contribution in [-0.4, -0.2) is 40.6 Å². The number of fused-ring (bicyclic) bond motifs is 1. The van der Waals surface area contributed by atoms with Crippen LogP contribution in [0.2, 0.25) is 0 Å². The minimum Gasteiger partial charge on any atom is -0.383 e. The molecule has 0 bridgehead atoms. The molecule has 1 saturated carbocycles. The molecule has 8 heteroatoms. The lowest BCUT2D eigenvalue weighted by Crippen LogP contribution is -2.37. The van der Waals surface area contributed by atoms with Gasteiger partial charge >= 0.3 is 5.82 Å². The Morgan fingerprint density at radius 2 is 2.41 bits per heavy atom. The Kier molecular flexibility index (Phi) is 4.30. The molecular formula is C14H20N4O3S. The minimum atomic E-state index is -0.333. The first-order valence-corrected chi connectivity index (χ1v) is 8.35. The molecule has 2 aromatic heterocycles. The maximum Gasteiger partial charge on any atom is 0.373 e. The molecule has 0 radical (unpaired) electrons. The zero-order valence-corrected chi connectivity index (χ0v) is 13.6. The monoisotopic (exact) mass is 324 g/mol. The first-order chi connectivity index (χ1) is 10.6. The van der Waals surface area contributed by atoms with Crippen LogP contribution >= 0.6 is 11.3 Å². The molecule has 7 nitrogen and oxygen atoms in total. The van der Waals surface area contributed by atoms with Crippen LogP contribution in [-0.2, 0) is 4.74 Å². The van der Waals surface area contributed by atoms with Gasteiger partial charge in [0, 0.05) is 25.1 Å². The van der Waals surface area contributed by atoms with E-state index in [1.165, 1.54) is 11.3 Å². The molecule has 3 rings (SSSR count). The highest BCUT2D eigenvalue weighted by molar-refractivity contribution is 7.15. The number of aromatic nitrogens is 2. The summed E-state index contributed by atoms with van der Waals surface area (Å²) in [4.78, 5) is 18.5. The van der Waals surface area contributed by atoms with E-state index in [-0.39, 0.29) is 10.7 Å². The predicted molar refractivity (Wildman–Crippen MR) is 85.7 cm³/mol. The quantitative estimate of drug-likeness (QED) is 0.603. The summed E-state index contributed by atoms with van der Waals surface area (Å²) in [5, 5.41) is 13.4. The van der Waals surface area contributed by atoms with E-state index in [0.29, 0.717) is 35.9 Å². The van der Waals surface area contributed by atoms with Crippen molar-refractivity contribution >= 4 is 27.9 Å². The molecule has 1 aliphatic rings. The van der Waals surface area contributed by atoms with Crippen LogP contribution in [0.4, 0.5) is 11.6 Å². The van der Waals surface area contributed by atoms with Crippen molar-refractivity contribution in [2.75, 3.05) is 25.2 Å². The van der Waals surface area contributed by atoms with E-state index in [0.717, 1.165) is 19.3 Å². The second-order valence-corrected chi connectivity index (χ2v) is 6.70. The number of thiazole rings is 1. The van der Waals surface area contributed by atoms with Crippen LogP contribution in [0, 0.1) is 16.0 Å². The number of anilines is 1.